The molecule has 5 nitrogen and oxygen atoms in total. The predicted octanol–water partition coefficient (Wildman–Crippen LogP) is 5.39. The van der Waals surface area contributed by atoms with E-state index in [4.69, 9.17) is 4.42 Å². The van der Waals surface area contributed by atoms with Gasteiger partial charge in [0.05, 0.1) is 11.8 Å². The number of benzene rings is 3. The van der Waals surface area contributed by atoms with Gasteiger partial charge in [-0.05, 0) is 59.4 Å². The quantitative estimate of drug-likeness (QED) is 0.396. The Labute approximate surface area is 183 Å². The first kappa shape index (κ1) is 19.8. The maximum Gasteiger partial charge on any atom is 0.277 e. The van der Waals surface area contributed by atoms with E-state index in [9.17, 15) is 9.18 Å². The van der Waals surface area contributed by atoms with Crippen molar-refractivity contribution < 1.29 is 13.6 Å². The lowest BCUT2D eigenvalue weighted by atomic mass is 10.0. The second-order valence-electron chi connectivity index (χ2n) is 7.66. The van der Waals surface area contributed by atoms with Gasteiger partial charge < -0.3 is 9.73 Å². The number of rotatable bonds is 7. The third-order valence-electron chi connectivity index (χ3n) is 5.37. The summed E-state index contributed by atoms with van der Waals surface area (Å²) in [5, 5.41) is 13.8. The normalized spacial score (nSPS) is 14.5. The van der Waals surface area contributed by atoms with Crippen LogP contribution in [-0.2, 0) is 4.79 Å². The SMILES string of the molecule is O=C(CSc1nnc(-c2ccc3ccccc3c2)o1)NC(c1ccc(F)cc1)C1CC1. The standard InChI is InChI=1S/C24H20FN3O2S/c25-20-11-9-17(10-12-20)22(16-6-7-16)26-21(29)14-31-24-28-27-23(30-24)19-8-5-15-3-1-2-4-18(15)13-19/h1-5,8-13,16,22H,6-7,14H2,(H,26,29). The van der Waals surface area contributed by atoms with Crippen LogP contribution < -0.4 is 5.32 Å². The van der Waals surface area contributed by atoms with Crippen molar-refractivity contribution >= 4 is 28.4 Å². The van der Waals surface area contributed by atoms with Crippen LogP contribution >= 0.6 is 11.8 Å². The van der Waals surface area contributed by atoms with Crippen molar-refractivity contribution in [3.8, 4) is 11.5 Å². The molecular weight excluding hydrogens is 413 g/mol. The monoisotopic (exact) mass is 433 g/mol. The highest BCUT2D eigenvalue weighted by Gasteiger charge is 2.33. The minimum Gasteiger partial charge on any atom is -0.411 e. The highest BCUT2D eigenvalue weighted by molar-refractivity contribution is 7.99. The molecule has 0 saturated heterocycles. The average molecular weight is 434 g/mol. The zero-order valence-electron chi connectivity index (χ0n) is 16.6. The van der Waals surface area contributed by atoms with E-state index in [1.54, 1.807) is 12.1 Å². The lowest BCUT2D eigenvalue weighted by Gasteiger charge is -2.18. The average Bonchev–Trinajstić information content (AvgIpc) is 3.53. The van der Waals surface area contributed by atoms with Crippen LogP contribution in [0.5, 0.6) is 0 Å². The smallest absolute Gasteiger partial charge is 0.277 e. The van der Waals surface area contributed by atoms with E-state index in [-0.39, 0.29) is 23.5 Å². The number of carbonyl (C=O) groups excluding carboxylic acids is 1. The molecule has 0 aliphatic heterocycles. The number of hydrogen-bond acceptors (Lipinski definition) is 5. The summed E-state index contributed by atoms with van der Waals surface area (Å²) in [5.74, 6) is 0.609. The summed E-state index contributed by atoms with van der Waals surface area (Å²) in [6.45, 7) is 0. The fraction of sp³-hybridized carbons (Fsp3) is 0.208. The Kier molecular flexibility index (Phi) is 5.42. The van der Waals surface area contributed by atoms with Crippen molar-refractivity contribution in [2.24, 2.45) is 5.92 Å². The van der Waals surface area contributed by atoms with Gasteiger partial charge >= 0.3 is 0 Å². The van der Waals surface area contributed by atoms with E-state index in [1.807, 2.05) is 42.5 Å². The first-order valence-corrected chi connectivity index (χ1v) is 11.1. The molecule has 1 heterocycles. The number of halogens is 1. The summed E-state index contributed by atoms with van der Waals surface area (Å²) in [7, 11) is 0. The number of fused-ring (bicyclic) bond motifs is 1. The molecule has 31 heavy (non-hydrogen) atoms. The number of aromatic nitrogens is 2. The summed E-state index contributed by atoms with van der Waals surface area (Å²) < 4.78 is 19.0. The molecule has 1 aliphatic carbocycles. The molecule has 1 fully saturated rings. The minimum atomic E-state index is -0.279. The Bertz CT molecular complexity index is 1220. The van der Waals surface area contributed by atoms with Gasteiger partial charge in [-0.25, -0.2) is 4.39 Å². The summed E-state index contributed by atoms with van der Waals surface area (Å²) >= 11 is 1.21. The zero-order chi connectivity index (χ0) is 21.2. The molecule has 7 heteroatoms. The van der Waals surface area contributed by atoms with Crippen LogP contribution in [0, 0.1) is 11.7 Å². The van der Waals surface area contributed by atoms with E-state index in [1.165, 1.54) is 23.9 Å². The van der Waals surface area contributed by atoms with E-state index in [0.717, 1.165) is 34.7 Å². The largest absolute Gasteiger partial charge is 0.411 e. The molecule has 1 aromatic heterocycles. The molecule has 156 valence electrons. The molecule has 1 amide bonds. The topological polar surface area (TPSA) is 68.0 Å². The van der Waals surface area contributed by atoms with E-state index in [2.05, 4.69) is 15.5 Å². The lowest BCUT2D eigenvalue weighted by molar-refractivity contribution is -0.119. The van der Waals surface area contributed by atoms with Crippen molar-refractivity contribution in [3.05, 3.63) is 78.1 Å². The van der Waals surface area contributed by atoms with E-state index < -0.39 is 0 Å². The molecule has 5 rings (SSSR count). The van der Waals surface area contributed by atoms with E-state index >= 15 is 0 Å². The molecule has 3 aromatic carbocycles. The molecule has 1 aliphatic rings. The predicted molar refractivity (Wildman–Crippen MR) is 118 cm³/mol. The first-order valence-electron chi connectivity index (χ1n) is 10.2. The third kappa shape index (κ3) is 4.61. The van der Waals surface area contributed by atoms with Crippen molar-refractivity contribution in [1.29, 1.82) is 0 Å². The summed E-state index contributed by atoms with van der Waals surface area (Å²) in [5.41, 5.74) is 1.77. The molecule has 4 aromatic rings. The number of nitrogens with zero attached hydrogens (tertiary/aromatic N) is 2. The third-order valence-corrected chi connectivity index (χ3v) is 6.19. The minimum absolute atomic E-state index is 0.0930. The number of amides is 1. The van der Waals surface area contributed by atoms with E-state index in [0.29, 0.717) is 17.0 Å². The summed E-state index contributed by atoms with van der Waals surface area (Å²) in [6, 6.07) is 20.3. The van der Waals surface area contributed by atoms with Crippen LogP contribution in [-0.4, -0.2) is 21.9 Å². The fourth-order valence-corrected chi connectivity index (χ4v) is 4.20. The highest BCUT2D eigenvalue weighted by atomic mass is 32.2. The second kappa shape index (κ2) is 8.51. The molecule has 1 atom stereocenters. The Balaban J connectivity index is 1.22. The van der Waals surface area contributed by atoms with Gasteiger partial charge in [0.1, 0.15) is 5.82 Å². The molecule has 1 unspecified atom stereocenters. The van der Waals surface area contributed by atoms with Gasteiger partial charge in [0.25, 0.3) is 5.22 Å². The second-order valence-corrected chi connectivity index (χ2v) is 8.58. The Morgan fingerprint density at radius 2 is 1.84 bits per heavy atom. The van der Waals surface area contributed by atoms with Gasteiger partial charge in [0.2, 0.25) is 11.8 Å². The summed E-state index contributed by atoms with van der Waals surface area (Å²) in [6.07, 6.45) is 2.13. The van der Waals surface area contributed by atoms with Crippen LogP contribution in [0.4, 0.5) is 4.39 Å². The van der Waals surface area contributed by atoms with Crippen molar-refractivity contribution in [2.75, 3.05) is 5.75 Å². The van der Waals surface area contributed by atoms with Crippen molar-refractivity contribution in [3.63, 3.8) is 0 Å². The maximum atomic E-state index is 13.2. The van der Waals surface area contributed by atoms with Crippen LogP contribution in [0.3, 0.4) is 0 Å². The van der Waals surface area contributed by atoms with Crippen LogP contribution in [0.25, 0.3) is 22.2 Å². The molecule has 0 radical (unpaired) electrons. The van der Waals surface area contributed by atoms with Gasteiger partial charge in [0, 0.05) is 5.56 Å². The molecule has 1 N–H and O–H groups in total. The number of nitrogens with one attached hydrogen (secondary N) is 1. The first-order chi connectivity index (χ1) is 15.2. The zero-order valence-corrected chi connectivity index (χ0v) is 17.4. The van der Waals surface area contributed by atoms with Gasteiger partial charge in [-0.1, -0.05) is 54.2 Å². The van der Waals surface area contributed by atoms with Crippen molar-refractivity contribution in [2.45, 2.75) is 24.1 Å². The fourth-order valence-electron chi connectivity index (χ4n) is 3.62. The Morgan fingerprint density at radius 3 is 2.61 bits per heavy atom. The number of thioether (sulfide) groups is 1. The lowest BCUT2D eigenvalue weighted by Crippen LogP contribution is -2.31. The number of hydrogen-bond donors (Lipinski definition) is 1. The summed E-state index contributed by atoms with van der Waals surface area (Å²) in [4.78, 5) is 12.5. The van der Waals surface area contributed by atoms with Gasteiger partial charge in [-0.15, -0.1) is 10.2 Å². The Morgan fingerprint density at radius 1 is 1.06 bits per heavy atom. The van der Waals surface area contributed by atoms with Gasteiger partial charge in [-0.3, -0.25) is 4.79 Å². The van der Waals surface area contributed by atoms with Gasteiger partial charge in [0.15, 0.2) is 0 Å². The Hall–Kier alpha value is -3.19. The molecular formula is C24H20FN3O2S. The maximum absolute atomic E-state index is 13.2. The van der Waals surface area contributed by atoms with Crippen molar-refractivity contribution in [1.82, 2.24) is 15.5 Å². The van der Waals surface area contributed by atoms with Gasteiger partial charge in [-0.2, -0.15) is 0 Å². The molecule has 0 bridgehead atoms. The molecule has 1 saturated carbocycles. The van der Waals surface area contributed by atoms with Crippen LogP contribution in [0.2, 0.25) is 0 Å². The van der Waals surface area contributed by atoms with Crippen LogP contribution in [0.15, 0.2) is 76.4 Å². The van der Waals surface area contributed by atoms with Crippen LogP contribution in [0.1, 0.15) is 24.4 Å². The molecule has 0 spiro atoms. The highest BCUT2D eigenvalue weighted by Crippen LogP contribution is 2.41. The number of carbonyl (C=O) groups is 1.